The Hall–Kier alpha value is -1.64. The van der Waals surface area contributed by atoms with Gasteiger partial charge >= 0.3 is 0 Å². The van der Waals surface area contributed by atoms with Gasteiger partial charge in [0.1, 0.15) is 5.78 Å². The molecule has 0 heterocycles. The monoisotopic (exact) mass is 245 g/mol. The van der Waals surface area contributed by atoms with Crippen molar-refractivity contribution in [2.45, 2.75) is 33.1 Å². The van der Waals surface area contributed by atoms with E-state index in [9.17, 15) is 9.59 Å². The molecule has 1 saturated carbocycles. The van der Waals surface area contributed by atoms with E-state index in [-0.39, 0.29) is 17.6 Å². The summed E-state index contributed by atoms with van der Waals surface area (Å²) in [5.41, 5.74) is 1.91. The van der Waals surface area contributed by atoms with Gasteiger partial charge in [-0.1, -0.05) is 31.0 Å². The highest BCUT2D eigenvalue weighted by Gasteiger charge is 2.33. The van der Waals surface area contributed by atoms with E-state index >= 15 is 0 Å². The van der Waals surface area contributed by atoms with Gasteiger partial charge in [0.05, 0.1) is 5.92 Å². The van der Waals surface area contributed by atoms with Crippen molar-refractivity contribution < 1.29 is 9.59 Å². The minimum atomic E-state index is -0.463. The molecule has 2 atom stereocenters. The molecule has 1 aliphatic carbocycles. The summed E-state index contributed by atoms with van der Waals surface area (Å²) in [5, 5.41) is 2.83. The fourth-order valence-corrected chi connectivity index (χ4v) is 2.38. The number of carbonyl (C=O) groups excluding carboxylic acids is 2. The van der Waals surface area contributed by atoms with Crippen molar-refractivity contribution in [1.82, 2.24) is 0 Å². The normalized spacial score (nSPS) is 23.8. The Balaban J connectivity index is 2.03. The topological polar surface area (TPSA) is 46.2 Å². The van der Waals surface area contributed by atoms with Gasteiger partial charge in [0, 0.05) is 11.6 Å². The number of carbonyl (C=O) groups is 2. The summed E-state index contributed by atoms with van der Waals surface area (Å²) in [5.74, 6) is -0.510. The number of rotatable bonds is 2. The molecular formula is C15H19NO2. The number of Topliss-reactive ketones (excluding diaryl/α,β-unsaturated/α-hetero) is 1. The predicted octanol–water partition coefficient (Wildman–Crippen LogP) is 2.94. The van der Waals surface area contributed by atoms with Gasteiger partial charge in [0.25, 0.3) is 0 Å². The SMILES string of the molecule is Cc1ccc(NC(=O)C2CCCC(C)C2=O)cc1. The maximum Gasteiger partial charge on any atom is 0.234 e. The largest absolute Gasteiger partial charge is 0.325 e. The molecule has 3 nitrogen and oxygen atoms in total. The van der Waals surface area contributed by atoms with Crippen molar-refractivity contribution in [2.24, 2.45) is 11.8 Å². The van der Waals surface area contributed by atoms with Gasteiger partial charge in [-0.2, -0.15) is 0 Å². The molecule has 3 heteroatoms. The van der Waals surface area contributed by atoms with Crippen LogP contribution >= 0.6 is 0 Å². The second-order valence-electron chi connectivity index (χ2n) is 5.14. The standard InChI is InChI=1S/C15H19NO2/c1-10-6-8-12(9-7-10)16-15(18)13-5-3-4-11(2)14(13)17/h6-9,11,13H,3-5H2,1-2H3,(H,16,18). The Morgan fingerprint density at radius 3 is 2.56 bits per heavy atom. The highest BCUT2D eigenvalue weighted by Crippen LogP contribution is 2.26. The van der Waals surface area contributed by atoms with Crippen molar-refractivity contribution in [2.75, 3.05) is 5.32 Å². The van der Waals surface area contributed by atoms with E-state index in [0.717, 1.165) is 24.1 Å². The predicted molar refractivity (Wildman–Crippen MR) is 71.3 cm³/mol. The summed E-state index contributed by atoms with van der Waals surface area (Å²) < 4.78 is 0. The van der Waals surface area contributed by atoms with Crippen LogP contribution in [0.15, 0.2) is 24.3 Å². The number of ketones is 1. The highest BCUT2D eigenvalue weighted by atomic mass is 16.2. The van der Waals surface area contributed by atoms with Gasteiger partial charge in [-0.05, 0) is 31.9 Å². The Morgan fingerprint density at radius 1 is 1.22 bits per heavy atom. The molecule has 1 aromatic rings. The second kappa shape index (κ2) is 5.34. The molecule has 0 saturated heterocycles. The van der Waals surface area contributed by atoms with Crippen LogP contribution in [-0.2, 0) is 9.59 Å². The zero-order valence-electron chi connectivity index (χ0n) is 10.9. The minimum Gasteiger partial charge on any atom is -0.325 e. The lowest BCUT2D eigenvalue weighted by Crippen LogP contribution is -2.36. The van der Waals surface area contributed by atoms with Gasteiger partial charge in [0.2, 0.25) is 5.91 Å². The number of anilines is 1. The summed E-state index contributed by atoms with van der Waals surface area (Å²) in [6.07, 6.45) is 2.55. The quantitative estimate of drug-likeness (QED) is 0.814. The molecule has 1 fully saturated rings. The van der Waals surface area contributed by atoms with Crippen LogP contribution in [0.2, 0.25) is 0 Å². The average Bonchev–Trinajstić information content (AvgIpc) is 2.35. The van der Waals surface area contributed by atoms with Crippen molar-refractivity contribution in [3.63, 3.8) is 0 Å². The number of hydrogen-bond acceptors (Lipinski definition) is 2. The number of nitrogens with one attached hydrogen (secondary N) is 1. The zero-order valence-corrected chi connectivity index (χ0v) is 10.9. The second-order valence-corrected chi connectivity index (χ2v) is 5.14. The summed E-state index contributed by atoms with van der Waals surface area (Å²) in [4.78, 5) is 24.0. The zero-order chi connectivity index (χ0) is 13.1. The van der Waals surface area contributed by atoms with E-state index in [4.69, 9.17) is 0 Å². The van der Waals surface area contributed by atoms with E-state index in [1.165, 1.54) is 0 Å². The van der Waals surface area contributed by atoms with Gasteiger partial charge in [-0.25, -0.2) is 0 Å². The van der Waals surface area contributed by atoms with E-state index in [2.05, 4.69) is 5.32 Å². The van der Waals surface area contributed by atoms with Crippen LogP contribution in [0.5, 0.6) is 0 Å². The first-order valence-corrected chi connectivity index (χ1v) is 6.49. The van der Waals surface area contributed by atoms with Gasteiger partial charge in [0.15, 0.2) is 0 Å². The molecule has 1 aliphatic rings. The molecule has 0 aromatic heterocycles. The number of aryl methyl sites for hydroxylation is 1. The van der Waals surface area contributed by atoms with Crippen molar-refractivity contribution >= 4 is 17.4 Å². The molecule has 2 unspecified atom stereocenters. The van der Waals surface area contributed by atoms with Crippen LogP contribution in [0.25, 0.3) is 0 Å². The van der Waals surface area contributed by atoms with Crippen molar-refractivity contribution in [1.29, 1.82) is 0 Å². The summed E-state index contributed by atoms with van der Waals surface area (Å²) >= 11 is 0. The number of amides is 1. The van der Waals surface area contributed by atoms with Gasteiger partial charge < -0.3 is 5.32 Å². The molecule has 0 aliphatic heterocycles. The molecule has 0 spiro atoms. The average molecular weight is 245 g/mol. The first kappa shape index (κ1) is 12.8. The Kier molecular flexibility index (Phi) is 3.80. The Labute approximate surface area is 108 Å². The summed E-state index contributed by atoms with van der Waals surface area (Å²) in [7, 11) is 0. The van der Waals surface area contributed by atoms with Gasteiger partial charge in [-0.15, -0.1) is 0 Å². The first-order chi connectivity index (χ1) is 8.58. The fourth-order valence-electron chi connectivity index (χ4n) is 2.38. The molecule has 1 amide bonds. The third kappa shape index (κ3) is 2.78. The van der Waals surface area contributed by atoms with Crippen LogP contribution in [0.4, 0.5) is 5.69 Å². The Bertz CT molecular complexity index is 450. The molecular weight excluding hydrogens is 226 g/mol. The van der Waals surface area contributed by atoms with E-state index in [0.29, 0.717) is 6.42 Å². The molecule has 1 aromatic carbocycles. The van der Waals surface area contributed by atoms with E-state index < -0.39 is 5.92 Å². The fraction of sp³-hybridized carbons (Fsp3) is 0.467. The number of benzene rings is 1. The minimum absolute atomic E-state index is 0.0208. The lowest BCUT2D eigenvalue weighted by molar-refractivity contribution is -0.135. The summed E-state index contributed by atoms with van der Waals surface area (Å²) in [6, 6.07) is 7.62. The van der Waals surface area contributed by atoms with Crippen LogP contribution < -0.4 is 5.32 Å². The maximum atomic E-state index is 12.1. The molecule has 0 bridgehead atoms. The summed E-state index contributed by atoms with van der Waals surface area (Å²) in [6.45, 7) is 3.91. The third-order valence-electron chi connectivity index (χ3n) is 3.59. The maximum absolute atomic E-state index is 12.1. The van der Waals surface area contributed by atoms with Crippen molar-refractivity contribution in [3.05, 3.63) is 29.8 Å². The molecule has 96 valence electrons. The van der Waals surface area contributed by atoms with E-state index in [1.54, 1.807) is 0 Å². The number of hydrogen-bond donors (Lipinski definition) is 1. The highest BCUT2D eigenvalue weighted by molar-refractivity contribution is 6.08. The molecule has 18 heavy (non-hydrogen) atoms. The van der Waals surface area contributed by atoms with Crippen LogP contribution in [0.3, 0.4) is 0 Å². The Morgan fingerprint density at radius 2 is 1.89 bits per heavy atom. The van der Waals surface area contributed by atoms with Crippen LogP contribution in [0.1, 0.15) is 31.7 Å². The lowest BCUT2D eigenvalue weighted by Gasteiger charge is -2.24. The van der Waals surface area contributed by atoms with Crippen molar-refractivity contribution in [3.8, 4) is 0 Å². The lowest BCUT2D eigenvalue weighted by atomic mass is 9.80. The molecule has 2 rings (SSSR count). The molecule has 0 radical (unpaired) electrons. The van der Waals surface area contributed by atoms with Crippen LogP contribution in [-0.4, -0.2) is 11.7 Å². The molecule has 1 N–H and O–H groups in total. The third-order valence-corrected chi connectivity index (χ3v) is 3.59. The smallest absolute Gasteiger partial charge is 0.234 e. The van der Waals surface area contributed by atoms with Crippen LogP contribution in [0, 0.1) is 18.8 Å². The van der Waals surface area contributed by atoms with E-state index in [1.807, 2.05) is 38.1 Å². The first-order valence-electron chi connectivity index (χ1n) is 6.49. The van der Waals surface area contributed by atoms with Gasteiger partial charge in [-0.3, -0.25) is 9.59 Å².